The molecule has 0 amide bonds. The van der Waals surface area contributed by atoms with Gasteiger partial charge in [-0.25, -0.2) is 4.79 Å². The lowest BCUT2D eigenvalue weighted by atomic mass is 9.98. The van der Waals surface area contributed by atoms with Gasteiger partial charge in [0.2, 0.25) is 5.78 Å². The number of nitrogens with zero attached hydrogens (tertiary/aromatic N) is 1. The van der Waals surface area contributed by atoms with Crippen LogP contribution in [0.4, 0.5) is 11.4 Å². The molecule has 2 aromatic rings. The number of carbonyl (C=O) groups is 2. The maximum absolute atomic E-state index is 12.3. The molecule has 0 aliphatic heterocycles. The molecule has 3 N–H and O–H groups in total. The van der Waals surface area contributed by atoms with Crippen molar-refractivity contribution in [3.8, 4) is 0 Å². The summed E-state index contributed by atoms with van der Waals surface area (Å²) < 4.78 is 0. The average Bonchev–Trinajstić information content (AvgIpc) is 2.46. The zero-order valence-electron chi connectivity index (χ0n) is 10.6. The quantitative estimate of drug-likeness (QED) is 0.384. The predicted octanol–water partition coefficient (Wildman–Crippen LogP) is 2.11. The van der Waals surface area contributed by atoms with E-state index in [0.29, 0.717) is 0 Å². The van der Waals surface area contributed by atoms with Crippen LogP contribution in [0, 0.1) is 10.1 Å². The molecule has 7 nitrogen and oxygen atoms in total. The van der Waals surface area contributed by atoms with Gasteiger partial charge in [0.1, 0.15) is 5.56 Å². The molecular formula is C14H10N2O5. The lowest BCUT2D eigenvalue weighted by Gasteiger charge is -2.07. The second kappa shape index (κ2) is 5.41. The van der Waals surface area contributed by atoms with E-state index in [9.17, 15) is 19.7 Å². The highest BCUT2D eigenvalue weighted by Crippen LogP contribution is 2.29. The molecule has 0 saturated heterocycles. The van der Waals surface area contributed by atoms with E-state index in [1.807, 2.05) is 0 Å². The molecule has 0 unspecified atom stereocenters. The number of hydrogen-bond donors (Lipinski definition) is 2. The summed E-state index contributed by atoms with van der Waals surface area (Å²) >= 11 is 0. The first-order chi connectivity index (χ1) is 9.91. The Balaban J connectivity index is 2.66. The molecule has 2 aromatic carbocycles. The standard InChI is InChI=1S/C14H10N2O5/c15-10-6-9(14(18)19)7-11(16(20)21)12(10)13(17)8-4-2-1-3-5-8/h1-7H,15H2,(H,18,19). The van der Waals surface area contributed by atoms with Crippen molar-refractivity contribution >= 4 is 23.1 Å². The van der Waals surface area contributed by atoms with Gasteiger partial charge < -0.3 is 10.8 Å². The van der Waals surface area contributed by atoms with Crippen molar-refractivity contribution < 1.29 is 19.6 Å². The molecule has 0 bridgehead atoms. The molecule has 0 aromatic heterocycles. The van der Waals surface area contributed by atoms with Gasteiger partial charge in [0.25, 0.3) is 5.69 Å². The molecule has 0 spiro atoms. The second-order valence-electron chi connectivity index (χ2n) is 4.22. The molecule has 0 fully saturated rings. The minimum atomic E-state index is -1.36. The Hall–Kier alpha value is -3.22. The van der Waals surface area contributed by atoms with Crippen LogP contribution in [-0.4, -0.2) is 21.8 Å². The van der Waals surface area contributed by atoms with E-state index in [1.54, 1.807) is 18.2 Å². The molecule has 0 atom stereocenters. The molecule has 106 valence electrons. The van der Waals surface area contributed by atoms with Crippen LogP contribution in [0.15, 0.2) is 42.5 Å². The summed E-state index contributed by atoms with van der Waals surface area (Å²) in [6, 6.07) is 9.78. The summed E-state index contributed by atoms with van der Waals surface area (Å²) in [5.74, 6) is -1.99. The number of nitro groups is 1. The molecule has 2 rings (SSSR count). The van der Waals surface area contributed by atoms with Crippen molar-refractivity contribution in [2.24, 2.45) is 0 Å². The van der Waals surface area contributed by atoms with Gasteiger partial charge in [0, 0.05) is 11.6 Å². The fourth-order valence-corrected chi connectivity index (χ4v) is 1.90. The van der Waals surface area contributed by atoms with Gasteiger partial charge in [-0.15, -0.1) is 0 Å². The van der Waals surface area contributed by atoms with Crippen molar-refractivity contribution in [2.45, 2.75) is 0 Å². The third-order valence-electron chi connectivity index (χ3n) is 2.85. The minimum absolute atomic E-state index is 0.232. The Labute approximate surface area is 118 Å². The van der Waals surface area contributed by atoms with Crippen molar-refractivity contribution in [1.29, 1.82) is 0 Å². The molecule has 0 heterocycles. The van der Waals surface area contributed by atoms with E-state index < -0.39 is 22.4 Å². The summed E-state index contributed by atoms with van der Waals surface area (Å²) in [7, 11) is 0. The van der Waals surface area contributed by atoms with Gasteiger partial charge in [-0.05, 0) is 6.07 Å². The second-order valence-corrected chi connectivity index (χ2v) is 4.22. The highest BCUT2D eigenvalue weighted by Gasteiger charge is 2.26. The van der Waals surface area contributed by atoms with Crippen molar-refractivity contribution in [3.05, 3.63) is 69.3 Å². The van der Waals surface area contributed by atoms with Crippen LogP contribution in [-0.2, 0) is 0 Å². The fourth-order valence-electron chi connectivity index (χ4n) is 1.90. The van der Waals surface area contributed by atoms with Gasteiger partial charge in [-0.1, -0.05) is 30.3 Å². The summed E-state index contributed by atoms with van der Waals surface area (Å²) in [4.78, 5) is 33.5. The first-order valence-corrected chi connectivity index (χ1v) is 5.82. The van der Waals surface area contributed by atoms with Crippen LogP contribution in [0.3, 0.4) is 0 Å². The van der Waals surface area contributed by atoms with E-state index in [2.05, 4.69) is 0 Å². The van der Waals surface area contributed by atoms with E-state index >= 15 is 0 Å². The lowest BCUT2D eigenvalue weighted by Crippen LogP contribution is -2.11. The van der Waals surface area contributed by atoms with Crippen molar-refractivity contribution in [3.63, 3.8) is 0 Å². The van der Waals surface area contributed by atoms with Gasteiger partial charge >= 0.3 is 5.97 Å². The topological polar surface area (TPSA) is 124 Å². The molecular weight excluding hydrogens is 276 g/mol. The molecule has 0 aliphatic rings. The Bertz CT molecular complexity index is 741. The van der Waals surface area contributed by atoms with Crippen LogP contribution < -0.4 is 5.73 Å². The maximum Gasteiger partial charge on any atom is 0.336 e. The number of hydrogen-bond acceptors (Lipinski definition) is 5. The van der Waals surface area contributed by atoms with E-state index in [0.717, 1.165) is 12.1 Å². The van der Waals surface area contributed by atoms with Crippen LogP contribution in [0.2, 0.25) is 0 Å². The molecule has 0 aliphatic carbocycles. The van der Waals surface area contributed by atoms with Gasteiger partial charge in [-0.2, -0.15) is 0 Å². The lowest BCUT2D eigenvalue weighted by molar-refractivity contribution is -0.385. The number of carboxylic acid groups (broad SMARTS) is 1. The SMILES string of the molecule is Nc1cc(C(=O)O)cc([N+](=O)[O-])c1C(=O)c1ccccc1. The number of nitrogen functional groups attached to an aromatic ring is 1. The van der Waals surface area contributed by atoms with Crippen LogP contribution in [0.1, 0.15) is 26.3 Å². The molecule has 0 radical (unpaired) electrons. The van der Waals surface area contributed by atoms with E-state index in [4.69, 9.17) is 10.8 Å². The average molecular weight is 286 g/mol. The van der Waals surface area contributed by atoms with Gasteiger partial charge in [0.05, 0.1) is 16.2 Å². The number of ketones is 1. The van der Waals surface area contributed by atoms with Gasteiger partial charge in [0.15, 0.2) is 0 Å². The summed E-state index contributed by atoms with van der Waals surface area (Å²) in [6.07, 6.45) is 0. The third kappa shape index (κ3) is 2.71. The zero-order chi connectivity index (χ0) is 15.6. The highest BCUT2D eigenvalue weighted by molar-refractivity contribution is 6.15. The van der Waals surface area contributed by atoms with Crippen molar-refractivity contribution in [1.82, 2.24) is 0 Å². The van der Waals surface area contributed by atoms with Crippen LogP contribution in [0.5, 0.6) is 0 Å². The summed E-state index contributed by atoms with van der Waals surface area (Å²) in [6.45, 7) is 0. The maximum atomic E-state index is 12.3. The zero-order valence-corrected chi connectivity index (χ0v) is 10.6. The summed E-state index contributed by atoms with van der Waals surface area (Å²) in [5.41, 5.74) is 4.36. The van der Waals surface area contributed by atoms with E-state index in [1.165, 1.54) is 12.1 Å². The normalized spacial score (nSPS) is 10.1. The van der Waals surface area contributed by atoms with Crippen LogP contribution in [0.25, 0.3) is 0 Å². The largest absolute Gasteiger partial charge is 0.478 e. The monoisotopic (exact) mass is 286 g/mol. The molecule has 21 heavy (non-hydrogen) atoms. The Morgan fingerprint density at radius 1 is 1.10 bits per heavy atom. The Morgan fingerprint density at radius 3 is 2.24 bits per heavy atom. The predicted molar refractivity (Wildman–Crippen MR) is 74.3 cm³/mol. The van der Waals surface area contributed by atoms with E-state index in [-0.39, 0.29) is 22.4 Å². The number of nitro benzene ring substituents is 1. The highest BCUT2D eigenvalue weighted by atomic mass is 16.6. The molecule has 7 heteroatoms. The Kier molecular flexibility index (Phi) is 3.66. The number of nitrogens with two attached hydrogens (primary N) is 1. The number of carboxylic acids is 1. The minimum Gasteiger partial charge on any atom is -0.478 e. The van der Waals surface area contributed by atoms with Gasteiger partial charge in [-0.3, -0.25) is 14.9 Å². The number of benzene rings is 2. The first kappa shape index (κ1) is 14.2. The number of aromatic carboxylic acids is 1. The number of rotatable bonds is 4. The third-order valence-corrected chi connectivity index (χ3v) is 2.85. The molecule has 0 saturated carbocycles. The number of anilines is 1. The van der Waals surface area contributed by atoms with Crippen LogP contribution >= 0.6 is 0 Å². The first-order valence-electron chi connectivity index (χ1n) is 5.82. The Morgan fingerprint density at radius 2 is 1.71 bits per heavy atom. The fraction of sp³-hybridized carbons (Fsp3) is 0. The smallest absolute Gasteiger partial charge is 0.336 e. The van der Waals surface area contributed by atoms with Crippen molar-refractivity contribution in [2.75, 3.05) is 5.73 Å². The number of carbonyl (C=O) groups excluding carboxylic acids is 1. The summed E-state index contributed by atoms with van der Waals surface area (Å²) in [5, 5.41) is 20.0.